The number of halogens is 1. The van der Waals surface area contributed by atoms with Crippen LogP contribution in [0.1, 0.15) is 12.5 Å². The summed E-state index contributed by atoms with van der Waals surface area (Å²) < 4.78 is 5.11. The van der Waals surface area contributed by atoms with Crippen LogP contribution in [-0.4, -0.2) is 31.0 Å². The summed E-state index contributed by atoms with van der Waals surface area (Å²) in [5.41, 5.74) is 1.95. The number of nitrogens with one attached hydrogen (secondary N) is 1. The fourth-order valence-corrected chi connectivity index (χ4v) is 1.43. The maximum Gasteiger partial charge on any atom is 0.0945 e. The molecular formula is C12H18ClNO2. The molecule has 1 unspecified atom stereocenters. The van der Waals surface area contributed by atoms with Crippen molar-refractivity contribution in [1.29, 1.82) is 0 Å². The molecule has 0 aliphatic carbocycles. The number of aliphatic hydroxyl groups excluding tert-OH is 1. The predicted molar refractivity (Wildman–Crippen MR) is 67.2 cm³/mol. The average molecular weight is 244 g/mol. The molecule has 1 atom stereocenters. The van der Waals surface area contributed by atoms with Crippen molar-refractivity contribution >= 4 is 17.3 Å². The molecule has 2 N–H and O–H groups in total. The zero-order valence-corrected chi connectivity index (χ0v) is 10.4. The fourth-order valence-electron chi connectivity index (χ4n) is 1.25. The highest BCUT2D eigenvalue weighted by Gasteiger charge is 2.04. The molecule has 0 spiro atoms. The second-order valence-corrected chi connectivity index (χ2v) is 4.07. The van der Waals surface area contributed by atoms with Crippen molar-refractivity contribution < 1.29 is 9.84 Å². The van der Waals surface area contributed by atoms with Crippen LogP contribution in [0.4, 0.5) is 5.69 Å². The van der Waals surface area contributed by atoms with E-state index >= 15 is 0 Å². The first-order valence-corrected chi connectivity index (χ1v) is 5.77. The first-order chi connectivity index (χ1) is 7.63. The highest BCUT2D eigenvalue weighted by molar-refractivity contribution is 6.31. The van der Waals surface area contributed by atoms with E-state index in [2.05, 4.69) is 5.32 Å². The molecule has 0 fully saturated rings. The van der Waals surface area contributed by atoms with Crippen molar-refractivity contribution in [2.45, 2.75) is 20.0 Å². The third kappa shape index (κ3) is 4.39. The van der Waals surface area contributed by atoms with Crippen molar-refractivity contribution in [3.63, 3.8) is 0 Å². The lowest BCUT2D eigenvalue weighted by Gasteiger charge is -2.13. The van der Waals surface area contributed by atoms with Crippen LogP contribution >= 0.6 is 11.6 Å². The van der Waals surface area contributed by atoms with Crippen molar-refractivity contribution in [2.75, 3.05) is 25.1 Å². The highest BCUT2D eigenvalue weighted by Crippen LogP contribution is 2.19. The van der Waals surface area contributed by atoms with E-state index in [1.165, 1.54) is 0 Å². The van der Waals surface area contributed by atoms with Gasteiger partial charge in [-0.15, -0.1) is 0 Å². The van der Waals surface area contributed by atoms with Gasteiger partial charge in [-0.05, 0) is 31.5 Å². The number of rotatable bonds is 6. The largest absolute Gasteiger partial charge is 0.389 e. The van der Waals surface area contributed by atoms with Gasteiger partial charge in [0.2, 0.25) is 0 Å². The van der Waals surface area contributed by atoms with E-state index in [0.717, 1.165) is 16.3 Å². The van der Waals surface area contributed by atoms with E-state index in [4.69, 9.17) is 16.3 Å². The van der Waals surface area contributed by atoms with Gasteiger partial charge < -0.3 is 15.2 Å². The first-order valence-electron chi connectivity index (χ1n) is 5.39. The molecule has 1 aromatic carbocycles. The molecule has 0 aliphatic rings. The zero-order chi connectivity index (χ0) is 12.0. The third-order valence-electron chi connectivity index (χ3n) is 2.23. The van der Waals surface area contributed by atoms with Gasteiger partial charge in [0.15, 0.2) is 0 Å². The van der Waals surface area contributed by atoms with Crippen LogP contribution in [0.2, 0.25) is 5.02 Å². The van der Waals surface area contributed by atoms with E-state index in [1.54, 1.807) is 0 Å². The number of anilines is 1. The Morgan fingerprint density at radius 1 is 1.50 bits per heavy atom. The van der Waals surface area contributed by atoms with Gasteiger partial charge in [0, 0.05) is 23.9 Å². The van der Waals surface area contributed by atoms with Crippen LogP contribution in [0.25, 0.3) is 0 Å². The lowest BCUT2D eigenvalue weighted by atomic mass is 10.2. The summed E-state index contributed by atoms with van der Waals surface area (Å²) in [5.74, 6) is 0. The molecule has 16 heavy (non-hydrogen) atoms. The molecule has 0 amide bonds. The number of hydrogen-bond donors (Lipinski definition) is 2. The van der Waals surface area contributed by atoms with Crippen LogP contribution < -0.4 is 5.32 Å². The molecule has 0 bridgehead atoms. The Balaban J connectivity index is 2.39. The normalized spacial score (nSPS) is 12.5. The van der Waals surface area contributed by atoms with Crippen molar-refractivity contribution in [1.82, 2.24) is 0 Å². The number of aryl methyl sites for hydroxylation is 1. The van der Waals surface area contributed by atoms with Gasteiger partial charge in [0.1, 0.15) is 0 Å². The van der Waals surface area contributed by atoms with Gasteiger partial charge in [0.25, 0.3) is 0 Å². The van der Waals surface area contributed by atoms with E-state index in [1.807, 2.05) is 32.0 Å². The van der Waals surface area contributed by atoms with Crippen LogP contribution in [0.15, 0.2) is 18.2 Å². The molecule has 0 aliphatic heterocycles. The smallest absolute Gasteiger partial charge is 0.0945 e. The first kappa shape index (κ1) is 13.3. The van der Waals surface area contributed by atoms with Crippen molar-refractivity contribution in [3.8, 4) is 0 Å². The van der Waals surface area contributed by atoms with Crippen LogP contribution in [-0.2, 0) is 4.74 Å². The minimum atomic E-state index is -0.500. The molecule has 0 saturated heterocycles. The quantitative estimate of drug-likeness (QED) is 0.807. The molecule has 90 valence electrons. The summed E-state index contributed by atoms with van der Waals surface area (Å²) >= 11 is 5.99. The molecule has 3 nitrogen and oxygen atoms in total. The Morgan fingerprint density at radius 3 is 2.88 bits per heavy atom. The second-order valence-electron chi connectivity index (χ2n) is 3.66. The van der Waals surface area contributed by atoms with Gasteiger partial charge in [-0.1, -0.05) is 17.7 Å². The van der Waals surface area contributed by atoms with Crippen molar-refractivity contribution in [3.05, 3.63) is 28.8 Å². The number of ether oxygens (including phenoxy) is 1. The monoisotopic (exact) mass is 243 g/mol. The Labute approximate surface area is 101 Å². The third-order valence-corrected chi connectivity index (χ3v) is 2.64. The number of aliphatic hydroxyl groups is 1. The number of hydrogen-bond acceptors (Lipinski definition) is 3. The minimum Gasteiger partial charge on any atom is -0.389 e. The molecule has 1 rings (SSSR count). The molecule has 0 aromatic heterocycles. The van der Waals surface area contributed by atoms with Gasteiger partial charge in [0.05, 0.1) is 12.7 Å². The van der Waals surface area contributed by atoms with Gasteiger partial charge >= 0.3 is 0 Å². The Hall–Kier alpha value is -0.770. The van der Waals surface area contributed by atoms with Crippen LogP contribution in [0, 0.1) is 6.92 Å². The lowest BCUT2D eigenvalue weighted by Crippen LogP contribution is -2.24. The van der Waals surface area contributed by atoms with Gasteiger partial charge in [-0.2, -0.15) is 0 Å². The van der Waals surface area contributed by atoms with Crippen LogP contribution in [0.3, 0.4) is 0 Å². The maximum absolute atomic E-state index is 9.55. The van der Waals surface area contributed by atoms with Gasteiger partial charge in [-0.25, -0.2) is 0 Å². The maximum atomic E-state index is 9.55. The summed E-state index contributed by atoms with van der Waals surface area (Å²) in [6.45, 7) is 5.28. The Morgan fingerprint density at radius 2 is 2.25 bits per heavy atom. The summed E-state index contributed by atoms with van der Waals surface area (Å²) in [5, 5.41) is 13.4. The molecular weight excluding hydrogens is 226 g/mol. The minimum absolute atomic E-state index is 0.350. The molecule has 0 saturated carbocycles. The Kier molecular flexibility index (Phi) is 5.60. The fraction of sp³-hybridized carbons (Fsp3) is 0.500. The van der Waals surface area contributed by atoms with E-state index in [0.29, 0.717) is 19.8 Å². The molecule has 0 radical (unpaired) electrons. The lowest BCUT2D eigenvalue weighted by molar-refractivity contribution is 0.0496. The summed E-state index contributed by atoms with van der Waals surface area (Å²) in [4.78, 5) is 0. The van der Waals surface area contributed by atoms with E-state index in [9.17, 15) is 5.11 Å². The van der Waals surface area contributed by atoms with Crippen molar-refractivity contribution in [2.24, 2.45) is 0 Å². The van der Waals surface area contributed by atoms with E-state index < -0.39 is 6.10 Å². The SMILES string of the molecule is CCOCC(O)CNc1ccc(C)c(Cl)c1. The summed E-state index contributed by atoms with van der Waals surface area (Å²) in [7, 11) is 0. The topological polar surface area (TPSA) is 41.5 Å². The average Bonchev–Trinajstić information content (AvgIpc) is 2.28. The molecule has 1 aromatic rings. The second kappa shape index (κ2) is 6.74. The highest BCUT2D eigenvalue weighted by atomic mass is 35.5. The van der Waals surface area contributed by atoms with Crippen LogP contribution in [0.5, 0.6) is 0 Å². The molecule has 4 heteroatoms. The predicted octanol–water partition coefficient (Wildman–Crippen LogP) is 2.46. The number of benzene rings is 1. The zero-order valence-electron chi connectivity index (χ0n) is 9.66. The summed E-state index contributed by atoms with van der Waals surface area (Å²) in [6.07, 6.45) is -0.500. The Bertz CT molecular complexity index is 331. The molecule has 0 heterocycles. The van der Waals surface area contributed by atoms with E-state index in [-0.39, 0.29) is 0 Å². The van der Waals surface area contributed by atoms with Gasteiger partial charge in [-0.3, -0.25) is 0 Å². The standard InChI is InChI=1S/C12H18ClNO2/c1-3-16-8-11(15)7-14-10-5-4-9(2)12(13)6-10/h4-6,11,14-15H,3,7-8H2,1-2H3. The summed E-state index contributed by atoms with van der Waals surface area (Å²) in [6, 6.07) is 5.73.